The lowest BCUT2D eigenvalue weighted by molar-refractivity contribution is -0.141. The molecule has 2 rings (SSSR count). The zero-order valence-electron chi connectivity index (χ0n) is 9.30. The number of rotatable bonds is 1. The molecule has 0 spiro atoms. The van der Waals surface area contributed by atoms with Crippen LogP contribution in [0.1, 0.15) is 5.69 Å². The highest BCUT2D eigenvalue weighted by Crippen LogP contribution is 2.35. The van der Waals surface area contributed by atoms with E-state index in [9.17, 15) is 13.2 Å². The van der Waals surface area contributed by atoms with Gasteiger partial charge in [-0.25, -0.2) is 4.98 Å². The molecule has 2 aromatic rings. The Balaban J connectivity index is 2.64. The second kappa shape index (κ2) is 4.90. The first-order chi connectivity index (χ1) is 8.79. The molecule has 0 unspecified atom stereocenters. The third-order valence-electron chi connectivity index (χ3n) is 2.40. The number of anilines is 1. The van der Waals surface area contributed by atoms with E-state index in [1.807, 2.05) is 0 Å². The summed E-state index contributed by atoms with van der Waals surface area (Å²) in [6, 6.07) is 6.38. The lowest BCUT2D eigenvalue weighted by Crippen LogP contribution is -2.09. The molecule has 19 heavy (non-hydrogen) atoms. The molecule has 0 aliphatic rings. The molecule has 7 heteroatoms. The second-order valence-electron chi connectivity index (χ2n) is 3.76. The van der Waals surface area contributed by atoms with Crippen LogP contribution in [0.2, 0.25) is 10.0 Å². The van der Waals surface area contributed by atoms with Crippen molar-refractivity contribution in [2.24, 2.45) is 0 Å². The normalized spacial score (nSPS) is 11.6. The Morgan fingerprint density at radius 1 is 1.05 bits per heavy atom. The lowest BCUT2D eigenvalue weighted by atomic mass is 10.1. The highest BCUT2D eigenvalue weighted by molar-refractivity contribution is 6.35. The van der Waals surface area contributed by atoms with Gasteiger partial charge in [-0.1, -0.05) is 23.2 Å². The van der Waals surface area contributed by atoms with Crippen molar-refractivity contribution < 1.29 is 13.2 Å². The van der Waals surface area contributed by atoms with Crippen molar-refractivity contribution in [2.45, 2.75) is 6.18 Å². The number of alkyl halides is 3. The van der Waals surface area contributed by atoms with Gasteiger partial charge >= 0.3 is 6.18 Å². The van der Waals surface area contributed by atoms with Gasteiger partial charge in [0.1, 0.15) is 5.69 Å². The van der Waals surface area contributed by atoms with E-state index in [0.29, 0.717) is 5.02 Å². The molecule has 1 aromatic heterocycles. The fourth-order valence-electron chi connectivity index (χ4n) is 1.52. The molecule has 0 saturated heterocycles. The summed E-state index contributed by atoms with van der Waals surface area (Å²) in [5, 5.41) is 0.556. The fraction of sp³-hybridized carbons (Fsp3) is 0.0833. The van der Waals surface area contributed by atoms with Crippen LogP contribution < -0.4 is 5.73 Å². The van der Waals surface area contributed by atoms with Crippen LogP contribution in [0.4, 0.5) is 18.9 Å². The SMILES string of the molecule is Nc1ccc(C(F)(F)F)nc1-c1cc(Cl)ccc1Cl. The lowest BCUT2D eigenvalue weighted by Gasteiger charge is -2.11. The van der Waals surface area contributed by atoms with Gasteiger partial charge in [-0.15, -0.1) is 0 Å². The van der Waals surface area contributed by atoms with Gasteiger partial charge in [0.25, 0.3) is 0 Å². The van der Waals surface area contributed by atoms with E-state index < -0.39 is 11.9 Å². The minimum atomic E-state index is -4.55. The fourth-order valence-corrected chi connectivity index (χ4v) is 1.90. The first-order valence-electron chi connectivity index (χ1n) is 5.08. The predicted molar refractivity (Wildman–Crippen MR) is 69.1 cm³/mol. The number of hydrogen-bond donors (Lipinski definition) is 1. The number of nitrogen functional groups attached to an aromatic ring is 1. The molecule has 0 radical (unpaired) electrons. The van der Waals surface area contributed by atoms with E-state index in [1.54, 1.807) is 0 Å². The first-order valence-corrected chi connectivity index (χ1v) is 5.84. The van der Waals surface area contributed by atoms with E-state index in [-0.39, 0.29) is 22.0 Å². The van der Waals surface area contributed by atoms with Crippen molar-refractivity contribution >= 4 is 28.9 Å². The van der Waals surface area contributed by atoms with E-state index in [1.165, 1.54) is 18.2 Å². The molecule has 2 N–H and O–H groups in total. The molecule has 1 heterocycles. The van der Waals surface area contributed by atoms with Crippen molar-refractivity contribution in [1.29, 1.82) is 0 Å². The van der Waals surface area contributed by atoms with Crippen LogP contribution in [0.5, 0.6) is 0 Å². The molecule has 0 aliphatic carbocycles. The van der Waals surface area contributed by atoms with Crippen LogP contribution in [-0.4, -0.2) is 4.98 Å². The van der Waals surface area contributed by atoms with E-state index in [0.717, 1.165) is 12.1 Å². The molecule has 0 amide bonds. The van der Waals surface area contributed by atoms with Crippen molar-refractivity contribution in [3.05, 3.63) is 46.1 Å². The van der Waals surface area contributed by atoms with Crippen molar-refractivity contribution in [3.8, 4) is 11.3 Å². The molecular weight excluding hydrogens is 300 g/mol. The van der Waals surface area contributed by atoms with Crippen LogP contribution in [0.15, 0.2) is 30.3 Å². The summed E-state index contributed by atoms with van der Waals surface area (Å²) >= 11 is 11.7. The Morgan fingerprint density at radius 2 is 1.74 bits per heavy atom. The Kier molecular flexibility index (Phi) is 3.60. The van der Waals surface area contributed by atoms with E-state index >= 15 is 0 Å². The maximum Gasteiger partial charge on any atom is 0.433 e. The standard InChI is InChI=1S/C12H7Cl2F3N2/c13-6-1-2-8(14)7(5-6)11-9(18)3-4-10(19-11)12(15,16)17/h1-5H,18H2. The summed E-state index contributed by atoms with van der Waals surface area (Å²) in [7, 11) is 0. The molecule has 1 aromatic carbocycles. The second-order valence-corrected chi connectivity index (χ2v) is 4.60. The molecule has 0 fully saturated rings. The maximum absolute atomic E-state index is 12.6. The number of nitrogens with zero attached hydrogens (tertiary/aromatic N) is 1. The van der Waals surface area contributed by atoms with E-state index in [2.05, 4.69) is 4.98 Å². The molecule has 0 aliphatic heterocycles. The largest absolute Gasteiger partial charge is 0.433 e. The summed E-state index contributed by atoms with van der Waals surface area (Å²) in [5.74, 6) is 0. The summed E-state index contributed by atoms with van der Waals surface area (Å²) in [6.07, 6.45) is -4.55. The maximum atomic E-state index is 12.6. The average molecular weight is 307 g/mol. The predicted octanol–water partition coefficient (Wildman–Crippen LogP) is 4.66. The number of benzene rings is 1. The van der Waals surface area contributed by atoms with E-state index in [4.69, 9.17) is 28.9 Å². The number of pyridine rings is 1. The zero-order chi connectivity index (χ0) is 14.2. The third-order valence-corrected chi connectivity index (χ3v) is 2.97. The summed E-state index contributed by atoms with van der Waals surface area (Å²) in [4.78, 5) is 3.52. The van der Waals surface area contributed by atoms with Gasteiger partial charge in [-0.05, 0) is 30.3 Å². The molecule has 0 saturated carbocycles. The monoisotopic (exact) mass is 306 g/mol. The van der Waals surface area contributed by atoms with Gasteiger partial charge in [-0.3, -0.25) is 0 Å². The minimum absolute atomic E-state index is 0.0395. The van der Waals surface area contributed by atoms with Gasteiger partial charge in [0.05, 0.1) is 16.4 Å². The Bertz CT molecular complexity index is 627. The Hall–Kier alpha value is -1.46. The summed E-state index contributed by atoms with van der Waals surface area (Å²) in [5.41, 5.74) is 4.93. The number of halogens is 5. The van der Waals surface area contributed by atoms with Crippen LogP contribution >= 0.6 is 23.2 Å². The highest BCUT2D eigenvalue weighted by atomic mass is 35.5. The van der Waals surface area contributed by atoms with Crippen LogP contribution in [0.25, 0.3) is 11.3 Å². The number of aromatic nitrogens is 1. The summed E-state index contributed by atoms with van der Waals surface area (Å²) in [6.45, 7) is 0. The van der Waals surface area contributed by atoms with Crippen molar-refractivity contribution in [2.75, 3.05) is 5.73 Å². The van der Waals surface area contributed by atoms with Gasteiger partial charge in [0, 0.05) is 10.6 Å². The Morgan fingerprint density at radius 3 is 2.37 bits per heavy atom. The molecule has 0 bridgehead atoms. The molecule has 100 valence electrons. The van der Waals surface area contributed by atoms with Gasteiger partial charge in [0.2, 0.25) is 0 Å². The van der Waals surface area contributed by atoms with Crippen LogP contribution in [0, 0.1) is 0 Å². The molecule has 0 atom stereocenters. The van der Waals surface area contributed by atoms with Crippen molar-refractivity contribution in [1.82, 2.24) is 4.98 Å². The smallest absolute Gasteiger partial charge is 0.397 e. The number of nitrogens with two attached hydrogens (primary N) is 1. The topological polar surface area (TPSA) is 38.9 Å². The van der Waals surface area contributed by atoms with Crippen LogP contribution in [0.3, 0.4) is 0 Å². The minimum Gasteiger partial charge on any atom is -0.397 e. The quantitative estimate of drug-likeness (QED) is 0.832. The van der Waals surface area contributed by atoms with Gasteiger partial charge in [0.15, 0.2) is 0 Å². The van der Waals surface area contributed by atoms with Gasteiger partial charge in [-0.2, -0.15) is 13.2 Å². The third kappa shape index (κ3) is 2.93. The van der Waals surface area contributed by atoms with Crippen molar-refractivity contribution in [3.63, 3.8) is 0 Å². The Labute approximate surface area is 117 Å². The van der Waals surface area contributed by atoms with Gasteiger partial charge < -0.3 is 5.73 Å². The average Bonchev–Trinajstić information content (AvgIpc) is 2.32. The highest BCUT2D eigenvalue weighted by Gasteiger charge is 2.33. The van der Waals surface area contributed by atoms with Crippen LogP contribution in [-0.2, 0) is 6.18 Å². The zero-order valence-corrected chi connectivity index (χ0v) is 10.8. The molecular formula is C12H7Cl2F3N2. The molecule has 2 nitrogen and oxygen atoms in total. The first kappa shape index (κ1) is 14.0. The summed E-state index contributed by atoms with van der Waals surface area (Å²) < 4.78 is 37.9. The number of hydrogen-bond acceptors (Lipinski definition) is 2.